The van der Waals surface area contributed by atoms with E-state index in [1.165, 1.54) is 0 Å². The van der Waals surface area contributed by atoms with E-state index in [0.717, 1.165) is 11.3 Å². The Kier molecular flexibility index (Phi) is 4.61. The van der Waals surface area contributed by atoms with E-state index in [1.54, 1.807) is 24.3 Å². The first-order chi connectivity index (χ1) is 9.15. The topological polar surface area (TPSA) is 35.9 Å². The lowest BCUT2D eigenvalue weighted by molar-refractivity contribution is 1.48. The maximum absolute atomic E-state index is 7.83. The number of hydrogen-bond acceptors (Lipinski definition) is 1. The van der Waals surface area contributed by atoms with E-state index in [2.05, 4.69) is 5.32 Å². The van der Waals surface area contributed by atoms with Crippen LogP contribution < -0.4 is 5.32 Å². The first-order valence-electron chi connectivity index (χ1n) is 5.69. The highest BCUT2D eigenvalue weighted by Crippen LogP contribution is 2.17. The van der Waals surface area contributed by atoms with Gasteiger partial charge in [-0.25, -0.2) is 0 Å². The van der Waals surface area contributed by atoms with E-state index in [-0.39, 0.29) is 5.84 Å². The van der Waals surface area contributed by atoms with Crippen LogP contribution in [-0.2, 0) is 0 Å². The van der Waals surface area contributed by atoms with Gasteiger partial charge in [-0.15, -0.1) is 0 Å². The number of amidine groups is 1. The molecule has 96 valence electrons. The minimum absolute atomic E-state index is 0.280. The highest BCUT2D eigenvalue weighted by atomic mass is 35.5. The predicted octanol–water partition coefficient (Wildman–Crippen LogP) is 5.10. The van der Waals surface area contributed by atoms with Gasteiger partial charge in [0.05, 0.1) is 0 Å². The smallest absolute Gasteiger partial charge is 0.122 e. The molecule has 2 nitrogen and oxygen atoms in total. The molecule has 0 atom stereocenters. The zero-order chi connectivity index (χ0) is 13.7. The van der Waals surface area contributed by atoms with Crippen LogP contribution in [0.3, 0.4) is 0 Å². The van der Waals surface area contributed by atoms with Gasteiger partial charge in [0.15, 0.2) is 0 Å². The third-order valence-electron chi connectivity index (χ3n) is 2.46. The van der Waals surface area contributed by atoms with Crippen LogP contribution in [0.2, 0.25) is 10.0 Å². The van der Waals surface area contributed by atoms with Crippen LogP contribution in [0, 0.1) is 5.41 Å². The molecule has 0 radical (unpaired) electrons. The molecule has 4 heteroatoms. The van der Waals surface area contributed by atoms with Crippen molar-refractivity contribution in [1.82, 2.24) is 0 Å². The molecule has 0 aromatic heterocycles. The molecule has 2 rings (SSSR count). The van der Waals surface area contributed by atoms with Gasteiger partial charge >= 0.3 is 0 Å². The van der Waals surface area contributed by atoms with Gasteiger partial charge in [0, 0.05) is 15.7 Å². The van der Waals surface area contributed by atoms with E-state index in [1.807, 2.05) is 36.4 Å². The largest absolute Gasteiger partial charge is 0.341 e. The van der Waals surface area contributed by atoms with Crippen molar-refractivity contribution in [2.75, 3.05) is 5.32 Å². The Bertz CT molecular complexity index is 604. The Morgan fingerprint density at radius 1 is 1.00 bits per heavy atom. The molecule has 0 amide bonds. The Balaban J connectivity index is 2.02. The van der Waals surface area contributed by atoms with Crippen molar-refractivity contribution in [2.24, 2.45) is 0 Å². The number of nitrogens with one attached hydrogen (secondary N) is 2. The highest BCUT2D eigenvalue weighted by molar-refractivity contribution is 6.32. The molecule has 0 spiro atoms. The lowest BCUT2D eigenvalue weighted by Crippen LogP contribution is -2.06. The average Bonchev–Trinajstić information content (AvgIpc) is 2.40. The molecule has 19 heavy (non-hydrogen) atoms. The summed E-state index contributed by atoms with van der Waals surface area (Å²) in [6.45, 7) is 0. The summed E-state index contributed by atoms with van der Waals surface area (Å²) < 4.78 is 0. The summed E-state index contributed by atoms with van der Waals surface area (Å²) in [6, 6.07) is 14.7. The van der Waals surface area contributed by atoms with E-state index in [9.17, 15) is 0 Å². The number of hydrogen-bond donors (Lipinski definition) is 2. The number of halogens is 2. The first kappa shape index (κ1) is 13.7. The summed E-state index contributed by atoms with van der Waals surface area (Å²) in [4.78, 5) is 0. The lowest BCUT2D eigenvalue weighted by atomic mass is 10.2. The van der Waals surface area contributed by atoms with Crippen LogP contribution in [0.4, 0.5) is 5.69 Å². The van der Waals surface area contributed by atoms with E-state index >= 15 is 0 Å². The molecule has 0 aliphatic rings. The fraction of sp³-hybridized carbons (Fsp3) is 0. The maximum Gasteiger partial charge on any atom is 0.122 e. The van der Waals surface area contributed by atoms with Crippen molar-refractivity contribution in [1.29, 1.82) is 5.41 Å². The van der Waals surface area contributed by atoms with Crippen LogP contribution in [-0.4, -0.2) is 5.84 Å². The Morgan fingerprint density at radius 2 is 1.68 bits per heavy atom. The summed E-state index contributed by atoms with van der Waals surface area (Å²) in [7, 11) is 0. The zero-order valence-corrected chi connectivity index (χ0v) is 11.5. The van der Waals surface area contributed by atoms with Crippen molar-refractivity contribution in [3.8, 4) is 0 Å². The van der Waals surface area contributed by atoms with Crippen molar-refractivity contribution < 1.29 is 0 Å². The molecular formula is C15H12Cl2N2. The monoisotopic (exact) mass is 290 g/mol. The molecular weight excluding hydrogens is 279 g/mol. The third kappa shape index (κ3) is 4.12. The van der Waals surface area contributed by atoms with Crippen LogP contribution in [0.1, 0.15) is 5.56 Å². The SMILES string of the molecule is N=C(/C=C/c1ccccc1Cl)Nc1ccc(Cl)cc1. The molecule has 0 saturated heterocycles. The molecule has 2 N–H and O–H groups in total. The molecule has 0 aliphatic carbocycles. The third-order valence-corrected chi connectivity index (χ3v) is 3.05. The zero-order valence-electron chi connectivity index (χ0n) is 10.0. The molecule has 0 aliphatic heterocycles. The number of anilines is 1. The molecule has 0 heterocycles. The van der Waals surface area contributed by atoms with Gasteiger partial charge < -0.3 is 5.32 Å². The Hall–Kier alpha value is -1.77. The maximum atomic E-state index is 7.83. The van der Waals surface area contributed by atoms with Gasteiger partial charge in [-0.05, 0) is 48.0 Å². The van der Waals surface area contributed by atoms with E-state index in [0.29, 0.717) is 10.0 Å². The van der Waals surface area contributed by atoms with Crippen LogP contribution in [0.15, 0.2) is 54.6 Å². The fourth-order valence-corrected chi connectivity index (χ4v) is 1.84. The lowest BCUT2D eigenvalue weighted by Gasteiger charge is -2.04. The second-order valence-corrected chi connectivity index (χ2v) is 4.74. The fourth-order valence-electron chi connectivity index (χ4n) is 1.51. The molecule has 0 saturated carbocycles. The van der Waals surface area contributed by atoms with Gasteiger partial charge in [-0.1, -0.05) is 41.4 Å². The molecule has 0 bridgehead atoms. The van der Waals surface area contributed by atoms with Crippen LogP contribution >= 0.6 is 23.2 Å². The summed E-state index contributed by atoms with van der Waals surface area (Å²) in [6.07, 6.45) is 3.46. The summed E-state index contributed by atoms with van der Waals surface area (Å²) in [5, 5.41) is 12.1. The van der Waals surface area contributed by atoms with Gasteiger partial charge in [-0.3, -0.25) is 5.41 Å². The highest BCUT2D eigenvalue weighted by Gasteiger charge is 1.96. The Labute approximate surface area is 122 Å². The molecule has 2 aromatic rings. The number of benzene rings is 2. The Morgan fingerprint density at radius 3 is 2.37 bits per heavy atom. The first-order valence-corrected chi connectivity index (χ1v) is 6.44. The van der Waals surface area contributed by atoms with Crippen molar-refractivity contribution in [3.63, 3.8) is 0 Å². The van der Waals surface area contributed by atoms with Crippen molar-refractivity contribution in [2.45, 2.75) is 0 Å². The summed E-state index contributed by atoms with van der Waals surface area (Å²) in [5.41, 5.74) is 1.70. The molecule has 0 unspecified atom stereocenters. The summed E-state index contributed by atoms with van der Waals surface area (Å²) in [5.74, 6) is 0.280. The van der Waals surface area contributed by atoms with Crippen LogP contribution in [0.5, 0.6) is 0 Å². The van der Waals surface area contributed by atoms with Gasteiger partial charge in [0.1, 0.15) is 5.84 Å². The van der Waals surface area contributed by atoms with Gasteiger partial charge in [0.2, 0.25) is 0 Å². The van der Waals surface area contributed by atoms with E-state index in [4.69, 9.17) is 28.6 Å². The van der Waals surface area contributed by atoms with Crippen LogP contribution in [0.25, 0.3) is 6.08 Å². The minimum Gasteiger partial charge on any atom is -0.341 e. The average molecular weight is 291 g/mol. The molecule has 0 fully saturated rings. The minimum atomic E-state index is 0.280. The normalized spacial score (nSPS) is 10.6. The molecule has 2 aromatic carbocycles. The number of rotatable bonds is 3. The second kappa shape index (κ2) is 6.41. The standard InChI is InChI=1S/C15H12Cl2N2/c16-12-6-8-13(9-7-12)19-15(18)10-5-11-3-1-2-4-14(11)17/h1-10H,(H2,18,19)/b10-5+. The second-order valence-electron chi connectivity index (χ2n) is 3.90. The van der Waals surface area contributed by atoms with Crippen molar-refractivity contribution in [3.05, 3.63) is 70.2 Å². The van der Waals surface area contributed by atoms with Gasteiger partial charge in [-0.2, -0.15) is 0 Å². The van der Waals surface area contributed by atoms with E-state index < -0.39 is 0 Å². The predicted molar refractivity (Wildman–Crippen MR) is 83.3 cm³/mol. The van der Waals surface area contributed by atoms with Gasteiger partial charge in [0.25, 0.3) is 0 Å². The summed E-state index contributed by atoms with van der Waals surface area (Å²) >= 11 is 11.8. The quantitative estimate of drug-likeness (QED) is 0.599. The van der Waals surface area contributed by atoms with Crippen molar-refractivity contribution >= 4 is 40.8 Å².